The Kier molecular flexibility index (Phi) is 41.4. The van der Waals surface area contributed by atoms with E-state index < -0.39 is 0 Å². The molecule has 0 radical (unpaired) electrons. The van der Waals surface area contributed by atoms with Crippen LogP contribution < -0.4 is 5.32 Å². The van der Waals surface area contributed by atoms with Gasteiger partial charge in [0.05, 0.1) is 6.61 Å². The van der Waals surface area contributed by atoms with E-state index in [9.17, 15) is 14.4 Å². The van der Waals surface area contributed by atoms with Gasteiger partial charge in [-0.25, -0.2) is 4.79 Å². The van der Waals surface area contributed by atoms with Crippen LogP contribution in [0.5, 0.6) is 0 Å². The molecule has 0 aliphatic rings. The number of hydrogen-bond acceptors (Lipinski definition) is 6. The lowest BCUT2D eigenvalue weighted by atomic mass is 10.0. The fourth-order valence-electron chi connectivity index (χ4n) is 7.39. The molecule has 0 bridgehead atoms. The molecule has 8 heteroatoms. The third kappa shape index (κ3) is 39.0. The Hall–Kier alpha value is -1.83. The Bertz CT molecular complexity index is 854. The van der Waals surface area contributed by atoms with Crippen molar-refractivity contribution in [1.29, 1.82) is 0 Å². The van der Waals surface area contributed by atoms with Crippen LogP contribution in [-0.2, 0) is 19.1 Å². The summed E-state index contributed by atoms with van der Waals surface area (Å²) in [6.07, 6.45) is 39.2. The number of rotatable bonds is 43. The molecule has 0 aromatic carbocycles. The molecule has 8 nitrogen and oxygen atoms in total. The number of carbonyl (C=O) groups is 3. The van der Waals surface area contributed by atoms with Gasteiger partial charge in [0.25, 0.3) is 0 Å². The van der Waals surface area contributed by atoms with Crippen LogP contribution in [0.15, 0.2) is 0 Å². The van der Waals surface area contributed by atoms with E-state index in [1.807, 2.05) is 0 Å². The second-order valence-electron chi connectivity index (χ2n) is 16.9. The van der Waals surface area contributed by atoms with Crippen LogP contribution in [0.4, 0.5) is 4.79 Å². The van der Waals surface area contributed by atoms with E-state index in [-0.39, 0.29) is 24.1 Å². The lowest BCUT2D eigenvalue weighted by Gasteiger charge is -2.23. The average Bonchev–Trinajstić information content (AvgIpc) is 3.18. The normalized spacial score (nSPS) is 11.4. The molecule has 0 saturated heterocycles. The zero-order valence-electron chi connectivity index (χ0n) is 38.1. The van der Waals surface area contributed by atoms with Crippen molar-refractivity contribution in [2.24, 2.45) is 0 Å². The highest BCUT2D eigenvalue weighted by Crippen LogP contribution is 2.19. The monoisotopic (exact) mass is 794 g/mol. The minimum atomic E-state index is -0.0340. The fraction of sp³-hybridized carbons (Fsp3) is 0.938. The van der Waals surface area contributed by atoms with E-state index in [0.717, 1.165) is 103 Å². The summed E-state index contributed by atoms with van der Waals surface area (Å²) in [5.41, 5.74) is 0. The highest BCUT2D eigenvalue weighted by atomic mass is 16.5. The summed E-state index contributed by atoms with van der Waals surface area (Å²) in [7, 11) is 3.55. The molecule has 0 rings (SSSR count). The van der Waals surface area contributed by atoms with Gasteiger partial charge in [0.15, 0.2) is 0 Å². The number of nitrogens with one attached hydrogen (secondary N) is 1. The third-order valence-corrected chi connectivity index (χ3v) is 11.1. The van der Waals surface area contributed by atoms with Gasteiger partial charge in [0.2, 0.25) is 0 Å². The number of amides is 2. The maximum Gasteiger partial charge on any atom is 0.316 e. The van der Waals surface area contributed by atoms with E-state index in [1.54, 1.807) is 19.0 Å². The summed E-state index contributed by atoms with van der Waals surface area (Å²) in [6, 6.07) is -0.0340. The van der Waals surface area contributed by atoms with Crippen LogP contribution in [-0.4, -0.2) is 80.8 Å². The molecule has 0 atom stereocenters. The fourth-order valence-corrected chi connectivity index (χ4v) is 7.39. The second-order valence-corrected chi connectivity index (χ2v) is 16.9. The zero-order valence-corrected chi connectivity index (χ0v) is 38.1. The molecule has 2 amide bonds. The van der Waals surface area contributed by atoms with Crippen molar-refractivity contribution in [3.8, 4) is 0 Å². The van der Waals surface area contributed by atoms with Crippen molar-refractivity contribution in [3.63, 3.8) is 0 Å². The molecule has 0 spiro atoms. The topological polar surface area (TPSA) is 88.2 Å². The first-order chi connectivity index (χ1) is 27.3. The van der Waals surface area contributed by atoms with E-state index in [4.69, 9.17) is 9.47 Å². The molecule has 0 aliphatic heterocycles. The Morgan fingerprint density at radius 3 is 1.34 bits per heavy atom. The van der Waals surface area contributed by atoms with Gasteiger partial charge in [-0.15, -0.1) is 0 Å². The highest BCUT2D eigenvalue weighted by molar-refractivity contribution is 5.73. The van der Waals surface area contributed by atoms with E-state index >= 15 is 0 Å². The second kappa shape index (κ2) is 42.8. The van der Waals surface area contributed by atoms with Crippen molar-refractivity contribution in [1.82, 2.24) is 15.1 Å². The molecule has 332 valence electrons. The predicted octanol–water partition coefficient (Wildman–Crippen LogP) is 13.3. The van der Waals surface area contributed by atoms with Gasteiger partial charge in [-0.1, -0.05) is 162 Å². The summed E-state index contributed by atoms with van der Waals surface area (Å²) in [4.78, 5) is 41.0. The van der Waals surface area contributed by atoms with E-state index in [1.165, 1.54) is 122 Å². The predicted molar refractivity (Wildman–Crippen MR) is 238 cm³/mol. The standard InChI is InChI=1S/C48H95N3O5/c1-6-9-12-15-18-27-34-44-55-46(52)38-30-23-19-25-32-41-51(43-35-40-49-48(54)50(4)5)42-33-26-20-24-31-39-47(53)56-45(36-28-21-16-13-10-7-2)37-29-22-17-14-11-8-3/h45H,6-44H2,1-5H3,(H,49,54). The Labute approximate surface area is 348 Å². The average molecular weight is 794 g/mol. The van der Waals surface area contributed by atoms with Gasteiger partial charge >= 0.3 is 18.0 Å². The van der Waals surface area contributed by atoms with Crippen molar-refractivity contribution in [2.75, 3.05) is 46.9 Å². The number of nitrogens with zero attached hydrogens (tertiary/aromatic N) is 2. The molecule has 0 fully saturated rings. The number of esters is 2. The van der Waals surface area contributed by atoms with E-state index in [0.29, 0.717) is 26.0 Å². The smallest absolute Gasteiger partial charge is 0.316 e. The Morgan fingerprint density at radius 1 is 0.464 bits per heavy atom. The van der Waals surface area contributed by atoms with Gasteiger partial charge in [-0.05, 0) is 83.8 Å². The molecule has 0 aromatic heterocycles. The van der Waals surface area contributed by atoms with E-state index in [2.05, 4.69) is 31.0 Å². The molecule has 0 aromatic rings. The largest absolute Gasteiger partial charge is 0.466 e. The van der Waals surface area contributed by atoms with Gasteiger partial charge in [-0.2, -0.15) is 0 Å². The van der Waals surface area contributed by atoms with Crippen LogP contribution in [0.1, 0.15) is 239 Å². The Balaban J connectivity index is 4.35. The van der Waals surface area contributed by atoms with Crippen LogP contribution in [0, 0.1) is 0 Å². The minimum Gasteiger partial charge on any atom is -0.466 e. The molecular formula is C48H95N3O5. The van der Waals surface area contributed by atoms with Gasteiger partial charge in [0, 0.05) is 33.5 Å². The zero-order chi connectivity index (χ0) is 41.2. The SMILES string of the molecule is CCCCCCCCCOC(=O)CCCCCCCN(CCCCCCCC(=O)OC(CCCCCCCC)CCCCCCCC)CCCNC(=O)N(C)C. The van der Waals surface area contributed by atoms with Crippen LogP contribution in [0.25, 0.3) is 0 Å². The van der Waals surface area contributed by atoms with Crippen molar-refractivity contribution < 1.29 is 23.9 Å². The summed E-state index contributed by atoms with van der Waals surface area (Å²) in [5, 5.41) is 3.00. The first-order valence-corrected chi connectivity index (χ1v) is 24.4. The van der Waals surface area contributed by atoms with Crippen LogP contribution >= 0.6 is 0 Å². The first-order valence-electron chi connectivity index (χ1n) is 24.4. The van der Waals surface area contributed by atoms with Crippen molar-refractivity contribution >= 4 is 18.0 Å². The van der Waals surface area contributed by atoms with Crippen molar-refractivity contribution in [3.05, 3.63) is 0 Å². The molecule has 0 aliphatic carbocycles. The van der Waals surface area contributed by atoms with Crippen LogP contribution in [0.3, 0.4) is 0 Å². The highest BCUT2D eigenvalue weighted by Gasteiger charge is 2.14. The number of urea groups is 1. The summed E-state index contributed by atoms with van der Waals surface area (Å²) in [5.74, 6) is -0.0204. The lowest BCUT2D eigenvalue weighted by molar-refractivity contribution is -0.150. The number of unbranched alkanes of at least 4 members (excludes halogenated alkanes) is 24. The first kappa shape index (κ1) is 54.2. The third-order valence-electron chi connectivity index (χ3n) is 11.1. The summed E-state index contributed by atoms with van der Waals surface area (Å²) in [6.45, 7) is 11.2. The quantitative estimate of drug-likeness (QED) is 0.0488. The minimum absolute atomic E-state index is 0.0123. The maximum atomic E-state index is 12.8. The molecule has 0 saturated carbocycles. The van der Waals surface area contributed by atoms with Crippen LogP contribution in [0.2, 0.25) is 0 Å². The molecule has 0 unspecified atom stereocenters. The molecular weight excluding hydrogens is 699 g/mol. The maximum absolute atomic E-state index is 12.8. The molecule has 1 N–H and O–H groups in total. The van der Waals surface area contributed by atoms with Crippen molar-refractivity contribution in [2.45, 2.75) is 245 Å². The van der Waals surface area contributed by atoms with Gasteiger partial charge in [-0.3, -0.25) is 9.59 Å². The van der Waals surface area contributed by atoms with Gasteiger partial charge in [0.1, 0.15) is 6.10 Å². The number of ether oxygens (including phenoxy) is 2. The molecule has 56 heavy (non-hydrogen) atoms. The lowest BCUT2D eigenvalue weighted by Crippen LogP contribution is -2.36. The van der Waals surface area contributed by atoms with Gasteiger partial charge < -0.3 is 24.6 Å². The molecule has 0 heterocycles. The number of carbonyl (C=O) groups excluding carboxylic acids is 3. The number of hydrogen-bond donors (Lipinski definition) is 1. The Morgan fingerprint density at radius 2 is 0.857 bits per heavy atom. The summed E-state index contributed by atoms with van der Waals surface area (Å²) < 4.78 is 11.5. The summed E-state index contributed by atoms with van der Waals surface area (Å²) >= 11 is 0.